The van der Waals surface area contributed by atoms with Crippen molar-refractivity contribution in [1.82, 2.24) is 9.80 Å². The van der Waals surface area contributed by atoms with Gasteiger partial charge in [0.1, 0.15) is 18.1 Å². The second-order valence-corrected chi connectivity index (χ2v) is 9.06. The maximum atomic E-state index is 13.6. The monoisotopic (exact) mass is 475 g/mol. The zero-order valence-corrected chi connectivity index (χ0v) is 20.4. The molecule has 0 bridgehead atoms. The highest BCUT2D eigenvalue weighted by molar-refractivity contribution is 5.92. The summed E-state index contributed by atoms with van der Waals surface area (Å²) in [6.45, 7) is 5.60. The highest BCUT2D eigenvalue weighted by atomic mass is 16.5. The Hall–Kier alpha value is -3.58. The second kappa shape index (κ2) is 11.7. The van der Waals surface area contributed by atoms with Crippen molar-refractivity contribution in [3.8, 4) is 0 Å². The van der Waals surface area contributed by atoms with E-state index in [-0.39, 0.29) is 24.6 Å². The van der Waals surface area contributed by atoms with Crippen LogP contribution in [0.15, 0.2) is 71.1 Å². The highest BCUT2D eigenvalue weighted by Crippen LogP contribution is 2.17. The fourth-order valence-electron chi connectivity index (χ4n) is 4.24. The van der Waals surface area contributed by atoms with Crippen LogP contribution in [0.2, 0.25) is 0 Å². The Morgan fingerprint density at radius 1 is 0.971 bits per heavy atom. The van der Waals surface area contributed by atoms with Gasteiger partial charge in [-0.3, -0.25) is 4.79 Å². The van der Waals surface area contributed by atoms with E-state index in [1.807, 2.05) is 80.6 Å². The Morgan fingerprint density at radius 2 is 1.80 bits per heavy atom. The molecule has 7 nitrogen and oxygen atoms in total. The number of ether oxygens (including phenoxy) is 1. The zero-order valence-electron chi connectivity index (χ0n) is 20.4. The van der Waals surface area contributed by atoms with Gasteiger partial charge < -0.3 is 24.3 Å². The molecule has 1 atom stereocenters. The van der Waals surface area contributed by atoms with Crippen LogP contribution < -0.4 is 5.32 Å². The molecule has 1 saturated heterocycles. The van der Waals surface area contributed by atoms with E-state index in [0.717, 1.165) is 29.7 Å². The Balaban J connectivity index is 1.51. The molecule has 3 amide bonds. The minimum absolute atomic E-state index is 0.0516. The lowest BCUT2D eigenvalue weighted by Crippen LogP contribution is -2.46. The summed E-state index contributed by atoms with van der Waals surface area (Å²) in [6, 6.07) is 20.9. The first-order valence-electron chi connectivity index (χ1n) is 12.1. The quantitative estimate of drug-likeness (QED) is 0.465. The van der Waals surface area contributed by atoms with Crippen LogP contribution in [0, 0.1) is 13.8 Å². The molecule has 3 aromatic rings. The SMILES string of the molecule is Cc1cccc(NC(=O)N(CC(=O)N(Cc2ccccc2)Cc2ccc(C)o2)CC2CCCO2)c1. The van der Waals surface area contributed by atoms with Crippen molar-refractivity contribution in [2.75, 3.05) is 25.0 Å². The van der Waals surface area contributed by atoms with Crippen LogP contribution in [0.5, 0.6) is 0 Å². The second-order valence-electron chi connectivity index (χ2n) is 9.06. The van der Waals surface area contributed by atoms with Gasteiger partial charge in [0.15, 0.2) is 0 Å². The fraction of sp³-hybridized carbons (Fsp3) is 0.357. The van der Waals surface area contributed by atoms with E-state index < -0.39 is 0 Å². The van der Waals surface area contributed by atoms with Crippen LogP contribution in [-0.4, -0.2) is 47.5 Å². The van der Waals surface area contributed by atoms with Crippen LogP contribution in [0.1, 0.15) is 35.5 Å². The first kappa shape index (κ1) is 24.5. The molecule has 0 spiro atoms. The summed E-state index contributed by atoms with van der Waals surface area (Å²) in [5.74, 6) is 1.35. The minimum Gasteiger partial charge on any atom is -0.464 e. The summed E-state index contributed by atoms with van der Waals surface area (Å²) < 4.78 is 11.5. The summed E-state index contributed by atoms with van der Waals surface area (Å²) in [7, 11) is 0. The van der Waals surface area contributed by atoms with E-state index in [9.17, 15) is 9.59 Å². The van der Waals surface area contributed by atoms with E-state index in [1.165, 1.54) is 0 Å². The lowest BCUT2D eigenvalue weighted by Gasteiger charge is -2.29. The Labute approximate surface area is 206 Å². The molecule has 184 valence electrons. The summed E-state index contributed by atoms with van der Waals surface area (Å²) in [5.41, 5.74) is 2.76. The number of carbonyl (C=O) groups excluding carboxylic acids is 2. The Bertz CT molecular complexity index is 1120. The van der Waals surface area contributed by atoms with Crippen LogP contribution in [0.25, 0.3) is 0 Å². The molecule has 0 aliphatic carbocycles. The predicted molar refractivity (Wildman–Crippen MR) is 135 cm³/mol. The first-order valence-corrected chi connectivity index (χ1v) is 12.1. The molecule has 2 heterocycles. The van der Waals surface area contributed by atoms with Crippen molar-refractivity contribution in [2.24, 2.45) is 0 Å². The smallest absolute Gasteiger partial charge is 0.322 e. The van der Waals surface area contributed by atoms with E-state index >= 15 is 0 Å². The average Bonchev–Trinajstić information content (AvgIpc) is 3.50. The van der Waals surface area contributed by atoms with E-state index in [2.05, 4.69) is 5.32 Å². The third kappa shape index (κ3) is 7.20. The molecule has 1 aliphatic rings. The normalized spacial score (nSPS) is 15.1. The van der Waals surface area contributed by atoms with Gasteiger partial charge in [-0.1, -0.05) is 42.5 Å². The lowest BCUT2D eigenvalue weighted by molar-refractivity contribution is -0.133. The highest BCUT2D eigenvalue weighted by Gasteiger charge is 2.27. The Kier molecular flexibility index (Phi) is 8.21. The van der Waals surface area contributed by atoms with Crippen LogP contribution >= 0.6 is 0 Å². The zero-order chi connectivity index (χ0) is 24.6. The summed E-state index contributed by atoms with van der Waals surface area (Å²) in [6.07, 6.45) is 1.77. The average molecular weight is 476 g/mol. The molecule has 4 rings (SSSR count). The number of furan rings is 1. The molecular formula is C28H33N3O4. The summed E-state index contributed by atoms with van der Waals surface area (Å²) in [5, 5.41) is 2.95. The molecule has 35 heavy (non-hydrogen) atoms. The van der Waals surface area contributed by atoms with E-state index in [1.54, 1.807) is 9.80 Å². The standard InChI is InChI=1S/C28H33N3O4/c1-21-8-6-11-24(16-21)29-28(33)31(18-25-12-7-15-34-25)20-27(32)30(17-23-9-4-3-5-10-23)19-26-14-13-22(2)35-26/h3-6,8-11,13-14,16,25H,7,12,15,17-20H2,1-2H3,(H,29,33). The lowest BCUT2D eigenvalue weighted by atomic mass is 10.2. The molecule has 1 N–H and O–H groups in total. The molecule has 0 radical (unpaired) electrons. The number of hydrogen-bond acceptors (Lipinski definition) is 4. The molecule has 0 saturated carbocycles. The van der Waals surface area contributed by atoms with Gasteiger partial charge in [-0.05, 0) is 62.1 Å². The number of nitrogens with one attached hydrogen (secondary N) is 1. The van der Waals surface area contributed by atoms with Gasteiger partial charge in [0.2, 0.25) is 5.91 Å². The van der Waals surface area contributed by atoms with Gasteiger partial charge in [-0.2, -0.15) is 0 Å². The van der Waals surface area contributed by atoms with Gasteiger partial charge in [0.25, 0.3) is 0 Å². The van der Waals surface area contributed by atoms with Crippen LogP contribution in [0.3, 0.4) is 0 Å². The number of rotatable bonds is 9. The number of hydrogen-bond donors (Lipinski definition) is 1. The van der Waals surface area contributed by atoms with Gasteiger partial charge in [-0.15, -0.1) is 0 Å². The number of aryl methyl sites for hydroxylation is 2. The van der Waals surface area contributed by atoms with Crippen molar-refractivity contribution in [1.29, 1.82) is 0 Å². The van der Waals surface area contributed by atoms with Gasteiger partial charge >= 0.3 is 6.03 Å². The topological polar surface area (TPSA) is 75.0 Å². The number of anilines is 1. The number of carbonyl (C=O) groups is 2. The number of amides is 3. The molecule has 7 heteroatoms. The van der Waals surface area contributed by atoms with E-state index in [0.29, 0.717) is 37.7 Å². The van der Waals surface area contributed by atoms with Crippen molar-refractivity contribution >= 4 is 17.6 Å². The predicted octanol–water partition coefficient (Wildman–Crippen LogP) is 5.14. The van der Waals surface area contributed by atoms with Crippen molar-refractivity contribution in [2.45, 2.75) is 45.9 Å². The summed E-state index contributed by atoms with van der Waals surface area (Å²) in [4.78, 5) is 30.1. The third-order valence-corrected chi connectivity index (χ3v) is 6.04. The fourth-order valence-corrected chi connectivity index (χ4v) is 4.24. The molecule has 1 aliphatic heterocycles. The van der Waals surface area contributed by atoms with Gasteiger partial charge in [0, 0.05) is 25.4 Å². The molecular weight excluding hydrogens is 442 g/mol. The Morgan fingerprint density at radius 3 is 2.49 bits per heavy atom. The molecule has 1 fully saturated rings. The maximum absolute atomic E-state index is 13.6. The maximum Gasteiger partial charge on any atom is 0.322 e. The van der Waals surface area contributed by atoms with Crippen molar-refractivity contribution < 1.29 is 18.7 Å². The third-order valence-electron chi connectivity index (χ3n) is 6.04. The van der Waals surface area contributed by atoms with Crippen LogP contribution in [0.4, 0.5) is 10.5 Å². The number of benzene rings is 2. The minimum atomic E-state index is -0.312. The van der Waals surface area contributed by atoms with Crippen molar-refractivity contribution in [3.05, 3.63) is 89.4 Å². The number of urea groups is 1. The number of nitrogens with zero attached hydrogens (tertiary/aromatic N) is 2. The van der Waals surface area contributed by atoms with Crippen LogP contribution in [-0.2, 0) is 22.6 Å². The van der Waals surface area contributed by atoms with E-state index in [4.69, 9.17) is 9.15 Å². The van der Waals surface area contributed by atoms with Gasteiger partial charge in [-0.25, -0.2) is 4.79 Å². The largest absolute Gasteiger partial charge is 0.464 e. The molecule has 1 unspecified atom stereocenters. The molecule has 2 aromatic carbocycles. The summed E-state index contributed by atoms with van der Waals surface area (Å²) >= 11 is 0. The molecule has 1 aromatic heterocycles. The first-order chi connectivity index (χ1) is 17.0. The van der Waals surface area contributed by atoms with Crippen molar-refractivity contribution in [3.63, 3.8) is 0 Å². The van der Waals surface area contributed by atoms with Gasteiger partial charge in [0.05, 0.1) is 12.6 Å².